The zero-order valence-electron chi connectivity index (χ0n) is 26.5. The highest BCUT2D eigenvalue weighted by Crippen LogP contribution is 2.56. The van der Waals surface area contributed by atoms with Crippen molar-refractivity contribution in [1.29, 1.82) is 0 Å². The third-order valence-corrected chi connectivity index (χ3v) is 10.5. The van der Waals surface area contributed by atoms with Crippen molar-refractivity contribution < 1.29 is 53.1 Å². The third-order valence-electron chi connectivity index (χ3n) is 9.43. The molecule has 1 fully saturated rings. The number of fused-ring (bicyclic) bond motifs is 3. The fourth-order valence-electron chi connectivity index (χ4n) is 7.09. The molecule has 0 spiro atoms. The van der Waals surface area contributed by atoms with E-state index in [0.29, 0.717) is 5.69 Å². The number of anilines is 2. The van der Waals surface area contributed by atoms with Crippen LogP contribution in [0.15, 0.2) is 58.2 Å². The van der Waals surface area contributed by atoms with Crippen LogP contribution in [0, 0.1) is 11.8 Å². The van der Waals surface area contributed by atoms with Gasteiger partial charge in [0.1, 0.15) is 28.9 Å². The second kappa shape index (κ2) is 11.7. The standard InChI is InChI=1S/C32H36N4O11S/c1-12-16-9-10-17(35-31(44)13(2)34-14-7-6-8-15(11-14)48(5,46)47)24(37)19(16)25(38)20-18(12)26(39)22-23(36(3)4)27(40)21(30(33)43)29(42)32(22,45)28(20)41/h6-13,18,22-23,26,34,37-39,42,45H,1-5H3,(H2,33,43)(H,35,44)/t12?,13?,18?,22?,23-,26?,32?/m0/s1. The molecule has 3 aliphatic carbocycles. The normalized spacial score (nSPS) is 27.6. The van der Waals surface area contributed by atoms with E-state index in [-0.39, 0.29) is 21.7 Å². The number of ketones is 2. The van der Waals surface area contributed by atoms with E-state index in [4.69, 9.17) is 5.73 Å². The number of nitrogens with one attached hydrogen (secondary N) is 2. The van der Waals surface area contributed by atoms with Crippen LogP contribution in [0.1, 0.15) is 30.9 Å². The van der Waals surface area contributed by atoms with Gasteiger partial charge in [-0.2, -0.15) is 0 Å². The van der Waals surface area contributed by atoms with Gasteiger partial charge in [0.25, 0.3) is 5.91 Å². The molecule has 7 atom stereocenters. The first-order valence-electron chi connectivity index (χ1n) is 14.8. The molecule has 0 saturated heterocycles. The van der Waals surface area contributed by atoms with Crippen LogP contribution < -0.4 is 16.4 Å². The maximum Gasteiger partial charge on any atom is 0.255 e. The molecule has 48 heavy (non-hydrogen) atoms. The van der Waals surface area contributed by atoms with E-state index in [2.05, 4.69) is 10.6 Å². The molecule has 5 rings (SSSR count). The molecule has 1 saturated carbocycles. The number of aromatic hydroxyl groups is 1. The highest BCUT2D eigenvalue weighted by atomic mass is 32.2. The van der Waals surface area contributed by atoms with Gasteiger partial charge >= 0.3 is 0 Å². The Labute approximate surface area is 275 Å². The molecule has 0 bridgehead atoms. The number of phenols is 1. The molecule has 6 unspecified atom stereocenters. The number of likely N-dealkylation sites (N-methyl/N-ethyl adjacent to an activating group) is 1. The Hall–Kier alpha value is -4.77. The molecule has 0 radical (unpaired) electrons. The van der Waals surface area contributed by atoms with Crippen LogP contribution in [-0.4, -0.2) is 106 Å². The summed E-state index contributed by atoms with van der Waals surface area (Å²) in [6.07, 6.45) is -0.695. The van der Waals surface area contributed by atoms with Gasteiger partial charge in [-0.1, -0.05) is 19.1 Å². The van der Waals surface area contributed by atoms with Crippen LogP contribution in [0.2, 0.25) is 0 Å². The SMILES string of the molecule is CC(Nc1cccc(S(C)(=O)=O)c1)C(=O)Nc1ccc2c(c1O)C(O)=C1C(=O)C3(O)C(O)=C(C(N)=O)C(=O)[C@@H](N(C)C)C3C(O)C1C2C. The Kier molecular flexibility index (Phi) is 8.45. The number of carbonyl (C=O) groups excluding carboxylic acids is 4. The molecule has 0 aromatic heterocycles. The number of aliphatic hydroxyl groups is 4. The van der Waals surface area contributed by atoms with E-state index >= 15 is 0 Å². The number of primary amides is 1. The summed E-state index contributed by atoms with van der Waals surface area (Å²) in [5.74, 6) is -11.0. The van der Waals surface area contributed by atoms with Crippen molar-refractivity contribution in [3.63, 3.8) is 0 Å². The Morgan fingerprint density at radius 1 is 1.08 bits per heavy atom. The fourth-order valence-corrected chi connectivity index (χ4v) is 7.76. The summed E-state index contributed by atoms with van der Waals surface area (Å²) in [4.78, 5) is 54.1. The number of aliphatic hydroxyl groups excluding tert-OH is 3. The van der Waals surface area contributed by atoms with E-state index < -0.39 is 103 Å². The Morgan fingerprint density at radius 3 is 2.31 bits per heavy atom. The number of Topliss-reactive ketones (excluding diaryl/α,β-unsaturated/α-hetero) is 2. The molecular weight excluding hydrogens is 648 g/mol. The molecule has 9 N–H and O–H groups in total. The number of carbonyl (C=O) groups is 4. The molecule has 2 amide bonds. The van der Waals surface area contributed by atoms with Crippen molar-refractivity contribution in [1.82, 2.24) is 4.90 Å². The quantitative estimate of drug-likeness (QED) is 0.145. The highest BCUT2D eigenvalue weighted by Gasteiger charge is 2.68. The Morgan fingerprint density at radius 2 is 1.73 bits per heavy atom. The number of sulfone groups is 1. The lowest BCUT2D eigenvalue weighted by atomic mass is 9.54. The van der Waals surface area contributed by atoms with E-state index in [1.807, 2.05) is 0 Å². The van der Waals surface area contributed by atoms with E-state index in [1.165, 1.54) is 56.3 Å². The number of hydrogen-bond acceptors (Lipinski definition) is 13. The molecule has 256 valence electrons. The van der Waals surface area contributed by atoms with Crippen molar-refractivity contribution in [2.75, 3.05) is 31.0 Å². The van der Waals surface area contributed by atoms with Crippen LogP contribution >= 0.6 is 0 Å². The minimum Gasteiger partial charge on any atom is -0.508 e. The number of hydrogen-bond donors (Lipinski definition) is 8. The lowest BCUT2D eigenvalue weighted by Gasteiger charge is -2.53. The molecule has 16 heteroatoms. The zero-order chi connectivity index (χ0) is 35.8. The van der Waals surface area contributed by atoms with Gasteiger partial charge < -0.3 is 41.9 Å². The topological polar surface area (TPSA) is 257 Å². The second-order valence-electron chi connectivity index (χ2n) is 12.6. The van der Waals surface area contributed by atoms with Crippen molar-refractivity contribution in [2.45, 2.75) is 48.4 Å². The number of rotatable bonds is 7. The number of amides is 2. The van der Waals surface area contributed by atoms with Gasteiger partial charge in [0.2, 0.25) is 11.7 Å². The van der Waals surface area contributed by atoms with Gasteiger partial charge in [-0.25, -0.2) is 8.42 Å². The summed E-state index contributed by atoms with van der Waals surface area (Å²) >= 11 is 0. The highest BCUT2D eigenvalue weighted by molar-refractivity contribution is 7.90. The minimum atomic E-state index is -3.51. The Bertz CT molecular complexity index is 1950. The van der Waals surface area contributed by atoms with Gasteiger partial charge in [0.15, 0.2) is 21.2 Å². The predicted octanol–water partition coefficient (Wildman–Crippen LogP) is 0.338. The maximum absolute atomic E-state index is 14.2. The molecule has 15 nitrogen and oxygen atoms in total. The first kappa shape index (κ1) is 34.6. The fraction of sp³-hybridized carbons (Fsp3) is 0.375. The lowest BCUT2D eigenvalue weighted by Crippen LogP contribution is -2.70. The van der Waals surface area contributed by atoms with Gasteiger partial charge in [-0.15, -0.1) is 0 Å². The first-order chi connectivity index (χ1) is 22.2. The second-order valence-corrected chi connectivity index (χ2v) is 14.6. The van der Waals surface area contributed by atoms with Gasteiger partial charge in [-0.3, -0.25) is 24.1 Å². The van der Waals surface area contributed by atoms with Crippen molar-refractivity contribution in [3.8, 4) is 5.75 Å². The van der Waals surface area contributed by atoms with Crippen LogP contribution in [0.4, 0.5) is 11.4 Å². The number of nitrogens with zero attached hydrogens (tertiary/aromatic N) is 1. The average Bonchev–Trinajstić information content (AvgIpc) is 2.99. The summed E-state index contributed by atoms with van der Waals surface area (Å²) in [6, 6.07) is 6.21. The lowest BCUT2D eigenvalue weighted by molar-refractivity contribution is -0.169. The summed E-state index contributed by atoms with van der Waals surface area (Å²) < 4.78 is 23.8. The van der Waals surface area contributed by atoms with E-state index in [0.717, 1.165) is 6.26 Å². The van der Waals surface area contributed by atoms with Gasteiger partial charge in [0.05, 0.1) is 34.2 Å². The molecule has 0 heterocycles. The maximum atomic E-state index is 14.2. The van der Waals surface area contributed by atoms with Crippen LogP contribution in [0.25, 0.3) is 5.76 Å². The minimum absolute atomic E-state index is 0.0356. The predicted molar refractivity (Wildman–Crippen MR) is 172 cm³/mol. The molecular formula is C32H36N4O11S. The van der Waals surface area contributed by atoms with Crippen molar-refractivity contribution >= 4 is 50.4 Å². The molecule has 2 aromatic carbocycles. The average molecular weight is 685 g/mol. The molecule has 2 aromatic rings. The van der Waals surface area contributed by atoms with E-state index in [1.54, 1.807) is 13.0 Å². The summed E-state index contributed by atoms with van der Waals surface area (Å²) in [5, 5.41) is 62.8. The van der Waals surface area contributed by atoms with Crippen molar-refractivity contribution in [2.24, 2.45) is 17.6 Å². The molecule has 0 aliphatic heterocycles. The van der Waals surface area contributed by atoms with Crippen LogP contribution in [-0.2, 0) is 29.0 Å². The first-order valence-corrected chi connectivity index (χ1v) is 16.7. The van der Waals surface area contributed by atoms with E-state index in [9.17, 15) is 53.1 Å². The monoisotopic (exact) mass is 684 g/mol. The van der Waals surface area contributed by atoms with Crippen molar-refractivity contribution in [3.05, 3.63) is 64.4 Å². The van der Waals surface area contributed by atoms with Gasteiger partial charge in [0, 0.05) is 23.4 Å². The zero-order valence-corrected chi connectivity index (χ0v) is 27.4. The third kappa shape index (κ3) is 5.11. The molecule has 3 aliphatic rings. The summed E-state index contributed by atoms with van der Waals surface area (Å²) in [6.45, 7) is 3.07. The number of phenolic OH excluding ortho intramolecular Hbond substituents is 1. The van der Waals surface area contributed by atoms with Crippen LogP contribution in [0.5, 0.6) is 5.75 Å². The van der Waals surface area contributed by atoms with Gasteiger partial charge in [-0.05, 0) is 56.8 Å². The number of benzene rings is 2. The Balaban J connectivity index is 1.55. The summed E-state index contributed by atoms with van der Waals surface area (Å²) in [7, 11) is -0.676. The smallest absolute Gasteiger partial charge is 0.255 e. The van der Waals surface area contributed by atoms with Crippen LogP contribution in [0.3, 0.4) is 0 Å². The summed E-state index contributed by atoms with van der Waals surface area (Å²) in [5.41, 5.74) is 0.835. The largest absolute Gasteiger partial charge is 0.508 e. The number of nitrogens with two attached hydrogens (primary N) is 1.